The number of rotatable bonds is 5. The van der Waals surface area contributed by atoms with Gasteiger partial charge < -0.3 is 5.32 Å². The highest BCUT2D eigenvalue weighted by molar-refractivity contribution is 7.15. The van der Waals surface area contributed by atoms with Crippen LogP contribution in [0.15, 0.2) is 45.8 Å². The van der Waals surface area contributed by atoms with Gasteiger partial charge in [0.15, 0.2) is 10.8 Å². The Morgan fingerprint density at radius 1 is 1.29 bits per heavy atom. The lowest BCUT2D eigenvalue weighted by Crippen LogP contribution is -2.23. The largest absolute Gasteiger partial charge is 0.360 e. The third-order valence-corrected chi connectivity index (χ3v) is 5.85. The molecule has 1 atom stereocenters. The molecule has 0 aliphatic carbocycles. The summed E-state index contributed by atoms with van der Waals surface area (Å²) in [6, 6.07) is 5.60. The third-order valence-electron chi connectivity index (χ3n) is 4.91. The maximum atomic E-state index is 14.0. The molecule has 9 heteroatoms. The highest BCUT2D eigenvalue weighted by atomic mass is 32.1. The van der Waals surface area contributed by atoms with Gasteiger partial charge in [-0.05, 0) is 45.4 Å². The minimum Gasteiger partial charge on any atom is -0.360 e. The number of thiazole rings is 1. The summed E-state index contributed by atoms with van der Waals surface area (Å²) in [5.74, 6) is 0.120. The average molecular weight is 437 g/mol. The van der Waals surface area contributed by atoms with Crippen molar-refractivity contribution >= 4 is 34.0 Å². The Morgan fingerprint density at radius 2 is 2.10 bits per heavy atom. The summed E-state index contributed by atoms with van der Waals surface area (Å²) in [5.41, 5.74) is 3.24. The average Bonchev–Trinajstić information content (AvgIpc) is 3.11. The molecule has 1 aromatic carbocycles. The zero-order valence-electron chi connectivity index (χ0n) is 17.5. The van der Waals surface area contributed by atoms with E-state index in [1.165, 1.54) is 29.8 Å². The van der Waals surface area contributed by atoms with Crippen LogP contribution < -0.4 is 10.9 Å². The molecule has 0 saturated heterocycles. The molecule has 0 fully saturated rings. The molecule has 0 aliphatic heterocycles. The number of hydrogen-bond acceptors (Lipinski definition) is 7. The molecule has 7 nitrogen and oxygen atoms in total. The number of benzene rings is 1. The number of hydrogen-bond donors (Lipinski definition) is 1. The number of fused-ring (bicyclic) bond motifs is 1. The van der Waals surface area contributed by atoms with Crippen LogP contribution in [0.25, 0.3) is 16.1 Å². The Bertz CT molecular complexity index is 1360. The summed E-state index contributed by atoms with van der Waals surface area (Å²) in [4.78, 5) is 31.7. The molecule has 31 heavy (non-hydrogen) atoms. The summed E-state index contributed by atoms with van der Waals surface area (Å²) < 4.78 is 15.6. The van der Waals surface area contributed by atoms with Gasteiger partial charge in [0, 0.05) is 17.3 Å². The van der Waals surface area contributed by atoms with Crippen molar-refractivity contribution in [2.75, 3.05) is 5.32 Å². The SMILES string of the molecule is C/C=N\c1c(C)ncnc1NC(C)c1nc2scc(C)n2c(=O)c1-c1cccc(F)c1. The molecule has 158 valence electrons. The van der Waals surface area contributed by atoms with E-state index in [1.54, 1.807) is 22.7 Å². The van der Waals surface area contributed by atoms with Gasteiger partial charge >= 0.3 is 0 Å². The fourth-order valence-electron chi connectivity index (χ4n) is 3.46. The molecule has 3 aromatic heterocycles. The number of halogens is 1. The molecule has 0 bridgehead atoms. The van der Waals surface area contributed by atoms with E-state index >= 15 is 0 Å². The lowest BCUT2D eigenvalue weighted by Gasteiger charge is -2.19. The summed E-state index contributed by atoms with van der Waals surface area (Å²) in [7, 11) is 0. The first kappa shape index (κ1) is 20.8. The molecule has 1 N–H and O–H groups in total. The monoisotopic (exact) mass is 436 g/mol. The second-order valence-corrected chi connectivity index (χ2v) is 7.93. The van der Waals surface area contributed by atoms with Crippen LogP contribution in [0.2, 0.25) is 0 Å². The van der Waals surface area contributed by atoms with E-state index in [0.29, 0.717) is 33.3 Å². The topological polar surface area (TPSA) is 84.5 Å². The molecule has 3 heterocycles. The Kier molecular flexibility index (Phi) is 5.60. The maximum Gasteiger partial charge on any atom is 0.266 e. The Hall–Kier alpha value is -3.46. The van der Waals surface area contributed by atoms with Crippen molar-refractivity contribution < 1.29 is 4.39 Å². The molecule has 0 radical (unpaired) electrons. The number of anilines is 1. The molecule has 4 rings (SSSR count). The van der Waals surface area contributed by atoms with Crippen LogP contribution in [0.5, 0.6) is 0 Å². The normalized spacial score (nSPS) is 12.5. The van der Waals surface area contributed by atoms with Crippen molar-refractivity contribution in [2.45, 2.75) is 33.7 Å². The number of aliphatic imine (C=N–C) groups is 1. The van der Waals surface area contributed by atoms with Gasteiger partial charge in [0.2, 0.25) is 0 Å². The van der Waals surface area contributed by atoms with Crippen molar-refractivity contribution in [3.8, 4) is 11.1 Å². The molecule has 0 aliphatic rings. The zero-order chi connectivity index (χ0) is 22.1. The van der Waals surface area contributed by atoms with E-state index in [2.05, 4.69) is 20.3 Å². The second kappa shape index (κ2) is 8.35. The Morgan fingerprint density at radius 3 is 2.84 bits per heavy atom. The van der Waals surface area contributed by atoms with Gasteiger partial charge in [0.25, 0.3) is 5.56 Å². The zero-order valence-corrected chi connectivity index (χ0v) is 18.4. The minimum absolute atomic E-state index is 0.233. The smallest absolute Gasteiger partial charge is 0.266 e. The van der Waals surface area contributed by atoms with Gasteiger partial charge in [0.05, 0.1) is 23.0 Å². The third kappa shape index (κ3) is 3.84. The molecule has 0 spiro atoms. The van der Waals surface area contributed by atoms with Crippen LogP contribution in [0.1, 0.15) is 37.0 Å². The predicted molar refractivity (Wildman–Crippen MR) is 122 cm³/mol. The van der Waals surface area contributed by atoms with E-state index in [1.807, 2.05) is 33.1 Å². The Balaban J connectivity index is 1.90. The van der Waals surface area contributed by atoms with Crippen molar-refractivity contribution in [3.05, 3.63) is 69.2 Å². The molecular weight excluding hydrogens is 415 g/mol. The standard InChI is InChI=1S/C22H21FN6OS/c1-5-24-19-13(3)25-11-26-20(19)27-14(4)18-17(15-7-6-8-16(23)9-15)21(30)29-12(2)10-31-22(29)28-18/h5-11,14H,1-4H3,(H,25,26,27)/b24-5-. The van der Waals surface area contributed by atoms with Crippen LogP contribution in [0, 0.1) is 19.7 Å². The van der Waals surface area contributed by atoms with Crippen molar-refractivity contribution in [3.63, 3.8) is 0 Å². The first-order valence-electron chi connectivity index (χ1n) is 9.74. The summed E-state index contributed by atoms with van der Waals surface area (Å²) in [6.45, 7) is 7.40. The quantitative estimate of drug-likeness (QED) is 0.452. The molecule has 4 aromatic rings. The fraction of sp³-hybridized carbons (Fsp3) is 0.227. The van der Waals surface area contributed by atoms with E-state index in [-0.39, 0.29) is 5.56 Å². The number of nitrogens with one attached hydrogen (secondary N) is 1. The first-order chi connectivity index (χ1) is 14.9. The Labute approximate surface area is 182 Å². The predicted octanol–water partition coefficient (Wildman–Crippen LogP) is 4.86. The van der Waals surface area contributed by atoms with Gasteiger partial charge in [-0.25, -0.2) is 19.3 Å². The van der Waals surface area contributed by atoms with Crippen LogP contribution in [0.4, 0.5) is 15.9 Å². The number of nitrogens with zero attached hydrogens (tertiary/aromatic N) is 5. The van der Waals surface area contributed by atoms with E-state index in [9.17, 15) is 9.18 Å². The summed E-state index contributed by atoms with van der Waals surface area (Å²) in [6.07, 6.45) is 3.13. The number of aromatic nitrogens is 4. The fourth-order valence-corrected chi connectivity index (χ4v) is 4.32. The van der Waals surface area contributed by atoms with Crippen LogP contribution in [-0.4, -0.2) is 25.6 Å². The van der Waals surface area contributed by atoms with Gasteiger partial charge in [-0.1, -0.05) is 12.1 Å². The number of aryl methyl sites for hydroxylation is 2. The van der Waals surface area contributed by atoms with E-state index in [4.69, 9.17) is 4.98 Å². The van der Waals surface area contributed by atoms with Crippen LogP contribution in [0.3, 0.4) is 0 Å². The maximum absolute atomic E-state index is 14.0. The lowest BCUT2D eigenvalue weighted by atomic mass is 10.0. The minimum atomic E-state index is -0.415. The van der Waals surface area contributed by atoms with Gasteiger partial charge in [0.1, 0.15) is 17.8 Å². The van der Waals surface area contributed by atoms with Crippen molar-refractivity contribution in [1.82, 2.24) is 19.4 Å². The lowest BCUT2D eigenvalue weighted by molar-refractivity contribution is 0.628. The first-order valence-corrected chi connectivity index (χ1v) is 10.6. The molecule has 1 unspecified atom stereocenters. The summed E-state index contributed by atoms with van der Waals surface area (Å²) >= 11 is 1.39. The van der Waals surface area contributed by atoms with Crippen LogP contribution in [-0.2, 0) is 0 Å². The van der Waals surface area contributed by atoms with Gasteiger partial charge in [-0.3, -0.25) is 14.2 Å². The van der Waals surface area contributed by atoms with E-state index in [0.717, 1.165) is 11.4 Å². The highest BCUT2D eigenvalue weighted by Crippen LogP contribution is 2.31. The molecule has 0 amide bonds. The molecule has 0 saturated carbocycles. The van der Waals surface area contributed by atoms with Crippen LogP contribution >= 0.6 is 11.3 Å². The summed E-state index contributed by atoms with van der Waals surface area (Å²) in [5, 5.41) is 5.19. The second-order valence-electron chi connectivity index (χ2n) is 7.09. The van der Waals surface area contributed by atoms with Gasteiger partial charge in [-0.15, -0.1) is 11.3 Å². The van der Waals surface area contributed by atoms with Crippen molar-refractivity contribution in [1.29, 1.82) is 0 Å². The molecular formula is C22H21FN6OS. The van der Waals surface area contributed by atoms with Crippen molar-refractivity contribution in [2.24, 2.45) is 4.99 Å². The van der Waals surface area contributed by atoms with E-state index < -0.39 is 11.9 Å². The highest BCUT2D eigenvalue weighted by Gasteiger charge is 2.22. The van der Waals surface area contributed by atoms with Gasteiger partial charge in [-0.2, -0.15) is 0 Å².